The van der Waals surface area contributed by atoms with Crippen LogP contribution in [-0.4, -0.2) is 0 Å². The zero-order chi connectivity index (χ0) is 13.3. The fourth-order valence-electron chi connectivity index (χ4n) is 1.72. The summed E-state index contributed by atoms with van der Waals surface area (Å²) in [6, 6.07) is 11.2. The summed E-state index contributed by atoms with van der Waals surface area (Å²) in [5.74, 6) is 0. The molecule has 94 valence electrons. The van der Waals surface area contributed by atoms with Gasteiger partial charge in [0.25, 0.3) is 0 Å². The third-order valence-electron chi connectivity index (χ3n) is 2.62. The van der Waals surface area contributed by atoms with Crippen LogP contribution >= 0.6 is 22.6 Å². The maximum absolute atomic E-state index is 12.7. The molecule has 18 heavy (non-hydrogen) atoms. The summed E-state index contributed by atoms with van der Waals surface area (Å²) < 4.78 is 38.9. The van der Waals surface area contributed by atoms with Gasteiger partial charge < -0.3 is 0 Å². The van der Waals surface area contributed by atoms with Crippen LogP contribution in [0, 0.1) is 10.5 Å². The molecule has 0 radical (unpaired) electrons. The van der Waals surface area contributed by atoms with Crippen LogP contribution in [0.5, 0.6) is 0 Å². The summed E-state index contributed by atoms with van der Waals surface area (Å²) in [5, 5.41) is 0. The van der Waals surface area contributed by atoms with Crippen LogP contribution in [0.1, 0.15) is 11.1 Å². The van der Waals surface area contributed by atoms with Crippen molar-refractivity contribution >= 4 is 22.6 Å². The summed E-state index contributed by atoms with van der Waals surface area (Å²) in [5.41, 5.74) is 1.85. The molecule has 2 aromatic carbocycles. The van der Waals surface area contributed by atoms with Crippen molar-refractivity contribution in [2.45, 2.75) is 13.1 Å². The molecule has 0 saturated carbocycles. The lowest BCUT2D eigenvalue weighted by atomic mass is 10.0. The SMILES string of the molecule is Cc1ccc(I)c(-c2cccc(C(F)(F)F)c2)c1. The van der Waals surface area contributed by atoms with Gasteiger partial charge in [0.1, 0.15) is 0 Å². The minimum absolute atomic E-state index is 0.595. The second-order valence-corrected chi connectivity index (χ2v) is 5.22. The maximum Gasteiger partial charge on any atom is 0.416 e. The highest BCUT2D eigenvalue weighted by Gasteiger charge is 2.30. The molecule has 0 amide bonds. The topological polar surface area (TPSA) is 0 Å². The normalized spacial score (nSPS) is 11.6. The van der Waals surface area contributed by atoms with Crippen molar-refractivity contribution in [2.24, 2.45) is 0 Å². The predicted molar refractivity (Wildman–Crippen MR) is 74.3 cm³/mol. The van der Waals surface area contributed by atoms with Crippen LogP contribution in [-0.2, 0) is 6.18 Å². The number of alkyl halides is 3. The summed E-state index contributed by atoms with van der Waals surface area (Å²) >= 11 is 2.13. The van der Waals surface area contributed by atoms with Gasteiger partial charge in [-0.15, -0.1) is 0 Å². The Morgan fingerprint density at radius 1 is 1.00 bits per heavy atom. The first-order chi connectivity index (χ1) is 8.38. The second-order valence-electron chi connectivity index (χ2n) is 4.06. The molecular weight excluding hydrogens is 352 g/mol. The Morgan fingerprint density at radius 3 is 2.39 bits per heavy atom. The molecule has 4 heteroatoms. The molecule has 0 heterocycles. The number of hydrogen-bond acceptors (Lipinski definition) is 0. The van der Waals surface area contributed by atoms with Crippen molar-refractivity contribution in [1.29, 1.82) is 0 Å². The molecule has 0 aliphatic carbocycles. The van der Waals surface area contributed by atoms with E-state index in [0.29, 0.717) is 5.56 Å². The third-order valence-corrected chi connectivity index (χ3v) is 3.56. The number of rotatable bonds is 1. The number of aryl methyl sites for hydroxylation is 1. The molecule has 0 N–H and O–H groups in total. The summed E-state index contributed by atoms with van der Waals surface area (Å²) in [4.78, 5) is 0. The van der Waals surface area contributed by atoms with E-state index in [4.69, 9.17) is 0 Å². The highest BCUT2D eigenvalue weighted by Crippen LogP contribution is 2.33. The number of benzene rings is 2. The van der Waals surface area contributed by atoms with E-state index in [1.165, 1.54) is 12.1 Å². The van der Waals surface area contributed by atoms with Crippen molar-refractivity contribution < 1.29 is 13.2 Å². The lowest BCUT2D eigenvalue weighted by Gasteiger charge is -2.10. The van der Waals surface area contributed by atoms with E-state index in [9.17, 15) is 13.2 Å². The molecule has 0 saturated heterocycles. The first-order valence-corrected chi connectivity index (χ1v) is 6.39. The molecule has 0 unspecified atom stereocenters. The van der Waals surface area contributed by atoms with Crippen molar-refractivity contribution in [2.75, 3.05) is 0 Å². The van der Waals surface area contributed by atoms with Crippen molar-refractivity contribution in [1.82, 2.24) is 0 Å². The molecule has 0 fully saturated rings. The summed E-state index contributed by atoms with van der Waals surface area (Å²) in [6.07, 6.45) is -4.30. The lowest BCUT2D eigenvalue weighted by molar-refractivity contribution is -0.137. The van der Waals surface area contributed by atoms with Gasteiger partial charge in [0.2, 0.25) is 0 Å². The van der Waals surface area contributed by atoms with Gasteiger partial charge in [0.05, 0.1) is 5.56 Å². The average molecular weight is 362 g/mol. The highest BCUT2D eigenvalue weighted by atomic mass is 127. The van der Waals surface area contributed by atoms with Crippen LogP contribution < -0.4 is 0 Å². The monoisotopic (exact) mass is 362 g/mol. The lowest BCUT2D eigenvalue weighted by Crippen LogP contribution is -2.04. The standard InChI is InChI=1S/C14H10F3I/c1-9-5-6-13(18)12(7-9)10-3-2-4-11(8-10)14(15,16)17/h2-8H,1H3. The smallest absolute Gasteiger partial charge is 0.166 e. The molecule has 0 aliphatic rings. The Morgan fingerprint density at radius 2 is 1.72 bits per heavy atom. The van der Waals surface area contributed by atoms with E-state index in [1.54, 1.807) is 6.07 Å². The number of hydrogen-bond donors (Lipinski definition) is 0. The van der Waals surface area contributed by atoms with Gasteiger partial charge in [0.15, 0.2) is 0 Å². The van der Waals surface area contributed by atoms with Gasteiger partial charge >= 0.3 is 6.18 Å². The maximum atomic E-state index is 12.7. The quantitative estimate of drug-likeness (QED) is 0.605. The van der Waals surface area contributed by atoms with Gasteiger partial charge in [-0.05, 0) is 58.8 Å². The first-order valence-electron chi connectivity index (χ1n) is 5.32. The largest absolute Gasteiger partial charge is 0.416 e. The van der Waals surface area contributed by atoms with E-state index >= 15 is 0 Å². The Hall–Kier alpha value is -1.04. The zero-order valence-corrected chi connectivity index (χ0v) is 11.7. The van der Waals surface area contributed by atoms with E-state index in [2.05, 4.69) is 22.6 Å². The molecule has 0 nitrogen and oxygen atoms in total. The Kier molecular flexibility index (Phi) is 3.66. The predicted octanol–water partition coefficient (Wildman–Crippen LogP) is 5.29. The molecule has 0 spiro atoms. The second kappa shape index (κ2) is 4.91. The van der Waals surface area contributed by atoms with Gasteiger partial charge in [-0.1, -0.05) is 29.8 Å². The summed E-state index contributed by atoms with van der Waals surface area (Å²) in [7, 11) is 0. The molecule has 0 aliphatic heterocycles. The van der Waals surface area contributed by atoms with E-state index in [1.807, 2.05) is 25.1 Å². The molecule has 0 atom stereocenters. The summed E-state index contributed by atoms with van der Waals surface area (Å²) in [6.45, 7) is 1.92. The van der Waals surface area contributed by atoms with Crippen LogP contribution in [0.25, 0.3) is 11.1 Å². The molecule has 2 aromatic rings. The zero-order valence-electron chi connectivity index (χ0n) is 9.55. The van der Waals surface area contributed by atoms with Crippen molar-refractivity contribution in [3.8, 4) is 11.1 Å². The van der Waals surface area contributed by atoms with Gasteiger partial charge in [-0.25, -0.2) is 0 Å². The first kappa shape index (κ1) is 13.4. The molecule has 0 aromatic heterocycles. The Balaban J connectivity index is 2.55. The minimum Gasteiger partial charge on any atom is -0.166 e. The van der Waals surface area contributed by atoms with E-state index < -0.39 is 11.7 Å². The fraction of sp³-hybridized carbons (Fsp3) is 0.143. The molecule has 0 bridgehead atoms. The van der Waals surface area contributed by atoms with Gasteiger partial charge in [-0.3, -0.25) is 0 Å². The highest BCUT2D eigenvalue weighted by molar-refractivity contribution is 14.1. The van der Waals surface area contributed by atoms with Crippen LogP contribution in [0.4, 0.5) is 13.2 Å². The van der Waals surface area contributed by atoms with Crippen LogP contribution in [0.15, 0.2) is 42.5 Å². The van der Waals surface area contributed by atoms with Crippen LogP contribution in [0.2, 0.25) is 0 Å². The van der Waals surface area contributed by atoms with Crippen LogP contribution in [0.3, 0.4) is 0 Å². The Bertz CT molecular complexity index is 573. The van der Waals surface area contributed by atoms with Crippen molar-refractivity contribution in [3.05, 3.63) is 57.2 Å². The van der Waals surface area contributed by atoms with Gasteiger partial charge in [0, 0.05) is 3.57 Å². The third kappa shape index (κ3) is 2.85. The average Bonchev–Trinajstić information content (AvgIpc) is 2.31. The minimum atomic E-state index is -4.30. The molecule has 2 rings (SSSR count). The number of halogens is 4. The van der Waals surface area contributed by atoms with E-state index in [-0.39, 0.29) is 0 Å². The fourth-order valence-corrected chi connectivity index (χ4v) is 2.37. The molecular formula is C14H10F3I. The van der Waals surface area contributed by atoms with Crippen molar-refractivity contribution in [3.63, 3.8) is 0 Å². The van der Waals surface area contributed by atoms with E-state index in [0.717, 1.165) is 20.8 Å². The Labute approximate surface area is 117 Å². The van der Waals surface area contributed by atoms with Gasteiger partial charge in [-0.2, -0.15) is 13.2 Å².